The van der Waals surface area contributed by atoms with Crippen LogP contribution in [0.3, 0.4) is 0 Å². The van der Waals surface area contributed by atoms with Gasteiger partial charge in [0, 0.05) is 5.56 Å². The number of hydrogen-bond donors (Lipinski definition) is 0. The Balaban J connectivity index is 1.61. The van der Waals surface area contributed by atoms with Gasteiger partial charge in [-0.25, -0.2) is 9.18 Å². The van der Waals surface area contributed by atoms with E-state index in [0.29, 0.717) is 17.8 Å². The lowest BCUT2D eigenvalue weighted by atomic mass is 10.0. The molecule has 1 aromatic heterocycles. The zero-order valence-corrected chi connectivity index (χ0v) is 18.5. The Labute approximate surface area is 187 Å². The van der Waals surface area contributed by atoms with E-state index in [2.05, 4.69) is 38.1 Å². The Hall–Kier alpha value is -3.40. The highest BCUT2D eigenvalue weighted by Crippen LogP contribution is 2.29. The summed E-state index contributed by atoms with van der Waals surface area (Å²) in [4.78, 5) is 12.6. The molecule has 0 spiro atoms. The summed E-state index contributed by atoms with van der Waals surface area (Å²) in [6, 6.07) is 21.3. The maximum atomic E-state index is 14.9. The Kier molecular flexibility index (Phi) is 6.69. The van der Waals surface area contributed by atoms with Crippen LogP contribution < -0.4 is 10.4 Å². The number of aryl methyl sites for hydroxylation is 1. The number of ether oxygens (including phenoxy) is 1. The van der Waals surface area contributed by atoms with Gasteiger partial charge < -0.3 is 9.15 Å². The summed E-state index contributed by atoms with van der Waals surface area (Å²) >= 11 is 0. The van der Waals surface area contributed by atoms with Crippen molar-refractivity contribution in [2.45, 2.75) is 39.5 Å². The highest BCUT2D eigenvalue weighted by atomic mass is 19.1. The van der Waals surface area contributed by atoms with E-state index in [1.165, 1.54) is 5.56 Å². The molecule has 3 aromatic carbocycles. The number of benzene rings is 3. The van der Waals surface area contributed by atoms with Gasteiger partial charge >= 0.3 is 5.63 Å². The molecule has 1 heterocycles. The van der Waals surface area contributed by atoms with Gasteiger partial charge in [0.05, 0.1) is 6.61 Å². The maximum absolute atomic E-state index is 14.9. The molecule has 0 bridgehead atoms. The number of hydrogen-bond acceptors (Lipinski definition) is 3. The maximum Gasteiger partial charge on any atom is 0.347 e. The van der Waals surface area contributed by atoms with Crippen molar-refractivity contribution in [2.75, 3.05) is 6.61 Å². The smallest absolute Gasteiger partial charge is 0.347 e. The summed E-state index contributed by atoms with van der Waals surface area (Å²) in [6.45, 7) is 4.65. The van der Waals surface area contributed by atoms with Crippen molar-refractivity contribution in [1.29, 1.82) is 0 Å². The third kappa shape index (κ3) is 4.59. The first-order valence-corrected chi connectivity index (χ1v) is 11.2. The first kappa shape index (κ1) is 21.8. The molecule has 0 saturated carbocycles. The predicted molar refractivity (Wildman–Crippen MR) is 128 cm³/mol. The standard InChI is InChI=1S/C28H27FO3/c1-3-5-6-17-31-24-16-15-23-18-25(32-28(30)26(23)27(24)29)22-13-11-21(12-14-22)20-9-7-19(4-2)8-10-20/h7-16,18H,3-6,17H2,1-2H3. The van der Waals surface area contributed by atoms with Gasteiger partial charge in [-0.1, -0.05) is 81.3 Å². The summed E-state index contributed by atoms with van der Waals surface area (Å²) < 4.78 is 25.9. The molecule has 4 rings (SSSR count). The van der Waals surface area contributed by atoms with E-state index in [4.69, 9.17) is 9.15 Å². The van der Waals surface area contributed by atoms with E-state index >= 15 is 0 Å². The predicted octanol–water partition coefficient (Wildman–Crippen LogP) is 7.40. The van der Waals surface area contributed by atoms with Crippen molar-refractivity contribution < 1.29 is 13.5 Å². The first-order valence-electron chi connectivity index (χ1n) is 11.2. The number of halogens is 1. The molecule has 4 heteroatoms. The zero-order chi connectivity index (χ0) is 22.5. The average molecular weight is 431 g/mol. The molecule has 0 aliphatic carbocycles. The molecule has 0 unspecified atom stereocenters. The lowest BCUT2D eigenvalue weighted by Gasteiger charge is -2.09. The van der Waals surface area contributed by atoms with Gasteiger partial charge in [-0.05, 0) is 47.1 Å². The van der Waals surface area contributed by atoms with Gasteiger partial charge in [0.1, 0.15) is 11.1 Å². The Morgan fingerprint density at radius 1 is 0.844 bits per heavy atom. The second kappa shape index (κ2) is 9.82. The quantitative estimate of drug-likeness (QED) is 0.273. The topological polar surface area (TPSA) is 39.4 Å². The van der Waals surface area contributed by atoms with Crippen molar-refractivity contribution in [3.05, 3.63) is 88.5 Å². The second-order valence-electron chi connectivity index (χ2n) is 7.92. The van der Waals surface area contributed by atoms with Crippen molar-refractivity contribution in [1.82, 2.24) is 0 Å². The number of unbranched alkanes of at least 4 members (excludes halogenated alkanes) is 2. The summed E-state index contributed by atoms with van der Waals surface area (Å²) in [5, 5.41) is 0.420. The van der Waals surface area contributed by atoms with E-state index in [1.54, 1.807) is 18.2 Å². The molecule has 0 amide bonds. The van der Waals surface area contributed by atoms with Gasteiger partial charge in [0.2, 0.25) is 0 Å². The van der Waals surface area contributed by atoms with Crippen LogP contribution >= 0.6 is 0 Å². The molecule has 0 radical (unpaired) electrons. The monoisotopic (exact) mass is 430 g/mol. The SMILES string of the molecule is CCCCCOc1ccc2cc(-c3ccc(-c4ccc(CC)cc4)cc3)oc(=O)c2c1F. The van der Waals surface area contributed by atoms with E-state index < -0.39 is 11.4 Å². The van der Waals surface area contributed by atoms with Gasteiger partial charge in [-0.3, -0.25) is 0 Å². The molecule has 0 aliphatic heterocycles. The Morgan fingerprint density at radius 3 is 2.16 bits per heavy atom. The third-order valence-corrected chi connectivity index (χ3v) is 5.70. The fourth-order valence-electron chi connectivity index (χ4n) is 3.77. The lowest BCUT2D eigenvalue weighted by Crippen LogP contribution is -2.06. The molecule has 3 nitrogen and oxygen atoms in total. The van der Waals surface area contributed by atoms with Crippen molar-refractivity contribution in [3.8, 4) is 28.2 Å². The number of fused-ring (bicyclic) bond motifs is 1. The van der Waals surface area contributed by atoms with Crippen LogP contribution in [0, 0.1) is 5.82 Å². The van der Waals surface area contributed by atoms with E-state index in [9.17, 15) is 9.18 Å². The minimum Gasteiger partial charge on any atom is -0.490 e. The lowest BCUT2D eigenvalue weighted by molar-refractivity contribution is 0.292. The van der Waals surface area contributed by atoms with Crippen LogP contribution in [-0.2, 0) is 6.42 Å². The highest BCUT2D eigenvalue weighted by molar-refractivity contribution is 5.86. The van der Waals surface area contributed by atoms with Crippen LogP contribution in [-0.4, -0.2) is 6.61 Å². The second-order valence-corrected chi connectivity index (χ2v) is 7.92. The van der Waals surface area contributed by atoms with Crippen LogP contribution in [0.4, 0.5) is 4.39 Å². The van der Waals surface area contributed by atoms with Crippen LogP contribution in [0.15, 0.2) is 75.9 Å². The van der Waals surface area contributed by atoms with Gasteiger partial charge in [0.25, 0.3) is 0 Å². The molecule has 0 atom stereocenters. The largest absolute Gasteiger partial charge is 0.490 e. The van der Waals surface area contributed by atoms with Crippen LogP contribution in [0.2, 0.25) is 0 Å². The van der Waals surface area contributed by atoms with E-state index in [1.807, 2.05) is 24.3 Å². The fourth-order valence-corrected chi connectivity index (χ4v) is 3.77. The van der Waals surface area contributed by atoms with Gasteiger partial charge in [-0.15, -0.1) is 0 Å². The minimum atomic E-state index is -0.701. The van der Waals surface area contributed by atoms with Gasteiger partial charge in [-0.2, -0.15) is 0 Å². The molecule has 0 aliphatic rings. The zero-order valence-electron chi connectivity index (χ0n) is 18.5. The highest BCUT2D eigenvalue weighted by Gasteiger charge is 2.15. The summed E-state index contributed by atoms with van der Waals surface area (Å²) in [6.07, 6.45) is 3.93. The fraction of sp³-hybridized carbons (Fsp3) is 0.250. The number of rotatable bonds is 8. The van der Waals surface area contributed by atoms with Crippen LogP contribution in [0.5, 0.6) is 5.75 Å². The van der Waals surface area contributed by atoms with Gasteiger partial charge in [0.15, 0.2) is 11.6 Å². The van der Waals surface area contributed by atoms with Crippen LogP contribution in [0.25, 0.3) is 33.2 Å². The Morgan fingerprint density at radius 2 is 1.50 bits per heavy atom. The molecule has 0 N–H and O–H groups in total. The summed E-state index contributed by atoms with van der Waals surface area (Å²) in [5.41, 5.74) is 3.56. The van der Waals surface area contributed by atoms with Crippen LogP contribution in [0.1, 0.15) is 38.7 Å². The molecule has 32 heavy (non-hydrogen) atoms. The van der Waals surface area contributed by atoms with Crippen molar-refractivity contribution in [2.24, 2.45) is 0 Å². The molecule has 4 aromatic rings. The molecule has 164 valence electrons. The average Bonchev–Trinajstić information content (AvgIpc) is 2.83. The summed E-state index contributed by atoms with van der Waals surface area (Å²) in [5.74, 6) is -0.163. The minimum absolute atomic E-state index is 0.0747. The Bertz CT molecular complexity index is 1260. The molecular formula is C28H27FO3. The van der Waals surface area contributed by atoms with Crippen molar-refractivity contribution >= 4 is 10.8 Å². The van der Waals surface area contributed by atoms with E-state index in [0.717, 1.165) is 42.4 Å². The molecule has 0 saturated heterocycles. The molecular weight excluding hydrogens is 403 g/mol. The molecule has 0 fully saturated rings. The van der Waals surface area contributed by atoms with E-state index in [-0.39, 0.29) is 11.1 Å². The first-order chi connectivity index (χ1) is 15.6. The third-order valence-electron chi connectivity index (χ3n) is 5.70. The summed E-state index contributed by atoms with van der Waals surface area (Å²) in [7, 11) is 0. The normalized spacial score (nSPS) is 11.1. The van der Waals surface area contributed by atoms with Crippen molar-refractivity contribution in [3.63, 3.8) is 0 Å².